The number of aromatic nitrogens is 1. The highest BCUT2D eigenvalue weighted by molar-refractivity contribution is 5.86. The standard InChI is InChI=1S/C21H22N2O3/c1-15(26-19-9-5-8-18(12-19)25-3)21(24)23(2)14-17-7-4-6-16-13-22-11-10-20(16)17/h4-13,15H,14H2,1-3H3. The molecule has 0 spiro atoms. The predicted molar refractivity (Wildman–Crippen MR) is 101 cm³/mol. The summed E-state index contributed by atoms with van der Waals surface area (Å²) in [5.41, 5.74) is 1.08. The van der Waals surface area contributed by atoms with Crippen LogP contribution in [-0.2, 0) is 11.3 Å². The van der Waals surface area contributed by atoms with Gasteiger partial charge >= 0.3 is 0 Å². The van der Waals surface area contributed by atoms with Crippen LogP contribution in [0.1, 0.15) is 12.5 Å². The minimum atomic E-state index is -0.594. The maximum absolute atomic E-state index is 12.7. The monoisotopic (exact) mass is 350 g/mol. The third kappa shape index (κ3) is 3.94. The van der Waals surface area contributed by atoms with Gasteiger partial charge in [-0.25, -0.2) is 0 Å². The molecule has 0 aliphatic carbocycles. The molecule has 1 amide bonds. The highest BCUT2D eigenvalue weighted by Crippen LogP contribution is 2.22. The Balaban J connectivity index is 1.70. The predicted octanol–water partition coefficient (Wildman–Crippen LogP) is 3.67. The maximum Gasteiger partial charge on any atom is 0.263 e. The topological polar surface area (TPSA) is 51.7 Å². The largest absolute Gasteiger partial charge is 0.497 e. The number of hydrogen-bond donors (Lipinski definition) is 0. The number of benzene rings is 2. The average molecular weight is 350 g/mol. The molecule has 0 radical (unpaired) electrons. The van der Waals surface area contributed by atoms with Crippen molar-refractivity contribution in [2.45, 2.75) is 19.6 Å². The second-order valence-electron chi connectivity index (χ2n) is 6.15. The molecular weight excluding hydrogens is 328 g/mol. The highest BCUT2D eigenvalue weighted by Gasteiger charge is 2.20. The van der Waals surface area contributed by atoms with E-state index in [0.29, 0.717) is 18.0 Å². The zero-order valence-corrected chi connectivity index (χ0v) is 15.2. The first kappa shape index (κ1) is 17.7. The summed E-state index contributed by atoms with van der Waals surface area (Å²) < 4.78 is 11.0. The third-order valence-corrected chi connectivity index (χ3v) is 4.26. The van der Waals surface area contributed by atoms with Gasteiger partial charge in [0.2, 0.25) is 0 Å². The van der Waals surface area contributed by atoms with E-state index < -0.39 is 6.10 Å². The molecular formula is C21H22N2O3. The van der Waals surface area contributed by atoms with Crippen LogP contribution in [0.15, 0.2) is 60.9 Å². The number of carbonyl (C=O) groups is 1. The SMILES string of the molecule is COc1cccc(OC(C)C(=O)N(C)Cc2cccc3cnccc23)c1. The second-order valence-corrected chi connectivity index (χ2v) is 6.15. The zero-order valence-electron chi connectivity index (χ0n) is 15.2. The van der Waals surface area contributed by atoms with E-state index >= 15 is 0 Å². The van der Waals surface area contributed by atoms with E-state index in [1.165, 1.54) is 0 Å². The van der Waals surface area contributed by atoms with E-state index in [0.717, 1.165) is 16.3 Å². The Hall–Kier alpha value is -3.08. The van der Waals surface area contributed by atoms with Crippen LogP contribution in [0.4, 0.5) is 0 Å². The molecule has 0 aliphatic heterocycles. The van der Waals surface area contributed by atoms with E-state index in [2.05, 4.69) is 4.98 Å². The van der Waals surface area contributed by atoms with Gasteiger partial charge < -0.3 is 14.4 Å². The molecule has 1 atom stereocenters. The Morgan fingerprint density at radius 2 is 1.92 bits per heavy atom. The van der Waals surface area contributed by atoms with Crippen molar-refractivity contribution in [2.24, 2.45) is 0 Å². The first-order valence-corrected chi connectivity index (χ1v) is 8.46. The Morgan fingerprint density at radius 3 is 2.73 bits per heavy atom. The summed E-state index contributed by atoms with van der Waals surface area (Å²) in [5, 5.41) is 2.16. The number of pyridine rings is 1. The Kier molecular flexibility index (Phi) is 5.37. The molecule has 134 valence electrons. The molecule has 0 fully saturated rings. The quantitative estimate of drug-likeness (QED) is 0.681. The molecule has 5 heteroatoms. The van der Waals surface area contributed by atoms with Gasteiger partial charge in [0, 0.05) is 37.4 Å². The molecule has 2 aromatic carbocycles. The van der Waals surface area contributed by atoms with Crippen LogP contribution in [0, 0.1) is 0 Å². The Bertz CT molecular complexity index is 905. The summed E-state index contributed by atoms with van der Waals surface area (Å²) >= 11 is 0. The van der Waals surface area contributed by atoms with Crippen molar-refractivity contribution in [1.82, 2.24) is 9.88 Å². The van der Waals surface area contributed by atoms with Gasteiger partial charge in [0.1, 0.15) is 11.5 Å². The maximum atomic E-state index is 12.7. The van der Waals surface area contributed by atoms with Gasteiger partial charge in [0.05, 0.1) is 7.11 Å². The van der Waals surface area contributed by atoms with Gasteiger partial charge in [0.15, 0.2) is 6.10 Å². The molecule has 0 saturated heterocycles. The van der Waals surface area contributed by atoms with Crippen molar-refractivity contribution in [3.05, 3.63) is 66.5 Å². The number of likely N-dealkylation sites (N-methyl/N-ethyl adjacent to an activating group) is 1. The lowest BCUT2D eigenvalue weighted by molar-refractivity contribution is -0.137. The van der Waals surface area contributed by atoms with Crippen LogP contribution >= 0.6 is 0 Å². The van der Waals surface area contributed by atoms with Gasteiger partial charge in [-0.1, -0.05) is 24.3 Å². The lowest BCUT2D eigenvalue weighted by Gasteiger charge is -2.23. The molecule has 0 saturated carbocycles. The zero-order chi connectivity index (χ0) is 18.5. The van der Waals surface area contributed by atoms with Gasteiger partial charge in [-0.3, -0.25) is 9.78 Å². The van der Waals surface area contributed by atoms with E-state index in [9.17, 15) is 4.79 Å². The number of hydrogen-bond acceptors (Lipinski definition) is 4. The number of nitrogens with zero attached hydrogens (tertiary/aromatic N) is 2. The number of fused-ring (bicyclic) bond motifs is 1. The fourth-order valence-corrected chi connectivity index (χ4v) is 2.90. The van der Waals surface area contributed by atoms with Crippen LogP contribution in [-0.4, -0.2) is 36.1 Å². The van der Waals surface area contributed by atoms with Crippen LogP contribution < -0.4 is 9.47 Å². The minimum Gasteiger partial charge on any atom is -0.497 e. The second kappa shape index (κ2) is 7.87. The van der Waals surface area contributed by atoms with Crippen molar-refractivity contribution in [3.8, 4) is 11.5 Å². The van der Waals surface area contributed by atoms with E-state index in [1.807, 2.05) is 48.7 Å². The highest BCUT2D eigenvalue weighted by atomic mass is 16.5. The summed E-state index contributed by atoms with van der Waals surface area (Å²) in [6.07, 6.45) is 3.00. The average Bonchev–Trinajstić information content (AvgIpc) is 2.67. The van der Waals surface area contributed by atoms with Crippen molar-refractivity contribution >= 4 is 16.7 Å². The van der Waals surface area contributed by atoms with Crippen LogP contribution in [0.25, 0.3) is 10.8 Å². The molecule has 1 heterocycles. The number of methoxy groups -OCH3 is 1. The summed E-state index contributed by atoms with van der Waals surface area (Å²) in [6.45, 7) is 2.26. The van der Waals surface area contributed by atoms with Crippen LogP contribution in [0.2, 0.25) is 0 Å². The first-order valence-electron chi connectivity index (χ1n) is 8.46. The van der Waals surface area contributed by atoms with E-state index in [-0.39, 0.29) is 5.91 Å². The molecule has 0 bridgehead atoms. The van der Waals surface area contributed by atoms with Gasteiger partial charge in [-0.05, 0) is 36.1 Å². The van der Waals surface area contributed by atoms with Crippen LogP contribution in [0.5, 0.6) is 11.5 Å². The van der Waals surface area contributed by atoms with Crippen molar-refractivity contribution < 1.29 is 14.3 Å². The Morgan fingerprint density at radius 1 is 1.15 bits per heavy atom. The minimum absolute atomic E-state index is 0.0844. The Labute approximate surface area is 153 Å². The third-order valence-electron chi connectivity index (χ3n) is 4.26. The summed E-state index contributed by atoms with van der Waals surface area (Å²) in [6, 6.07) is 15.2. The van der Waals surface area contributed by atoms with Gasteiger partial charge in [-0.15, -0.1) is 0 Å². The lowest BCUT2D eigenvalue weighted by atomic mass is 10.1. The summed E-state index contributed by atoms with van der Waals surface area (Å²) in [7, 11) is 3.38. The number of carbonyl (C=O) groups excluding carboxylic acids is 1. The fourth-order valence-electron chi connectivity index (χ4n) is 2.90. The molecule has 26 heavy (non-hydrogen) atoms. The molecule has 1 aromatic heterocycles. The number of ether oxygens (including phenoxy) is 2. The fraction of sp³-hybridized carbons (Fsp3) is 0.238. The van der Waals surface area contributed by atoms with Gasteiger partial charge in [-0.2, -0.15) is 0 Å². The van der Waals surface area contributed by atoms with Crippen molar-refractivity contribution in [1.29, 1.82) is 0 Å². The van der Waals surface area contributed by atoms with Crippen molar-refractivity contribution in [2.75, 3.05) is 14.2 Å². The van der Waals surface area contributed by atoms with Gasteiger partial charge in [0.25, 0.3) is 5.91 Å². The first-order chi connectivity index (χ1) is 12.6. The molecule has 3 rings (SSSR count). The lowest BCUT2D eigenvalue weighted by Crippen LogP contribution is -2.37. The molecule has 5 nitrogen and oxygen atoms in total. The van der Waals surface area contributed by atoms with Crippen LogP contribution in [0.3, 0.4) is 0 Å². The molecule has 0 N–H and O–H groups in total. The number of amides is 1. The smallest absolute Gasteiger partial charge is 0.263 e. The normalized spacial score (nSPS) is 11.8. The summed E-state index contributed by atoms with van der Waals surface area (Å²) in [5.74, 6) is 1.22. The van der Waals surface area contributed by atoms with E-state index in [1.54, 1.807) is 38.2 Å². The molecule has 1 unspecified atom stereocenters. The van der Waals surface area contributed by atoms with E-state index in [4.69, 9.17) is 9.47 Å². The van der Waals surface area contributed by atoms with Crippen molar-refractivity contribution in [3.63, 3.8) is 0 Å². The summed E-state index contributed by atoms with van der Waals surface area (Å²) in [4.78, 5) is 18.5. The molecule has 3 aromatic rings. The molecule has 0 aliphatic rings. The number of rotatable bonds is 6.